The van der Waals surface area contributed by atoms with Gasteiger partial charge in [-0.25, -0.2) is 0 Å². The van der Waals surface area contributed by atoms with Crippen molar-refractivity contribution in [3.63, 3.8) is 0 Å². The number of nitrogens with two attached hydrogens (primary N) is 1. The lowest BCUT2D eigenvalue weighted by Crippen LogP contribution is -2.38. The highest BCUT2D eigenvalue weighted by Crippen LogP contribution is 2.30. The van der Waals surface area contributed by atoms with Gasteiger partial charge in [-0.2, -0.15) is 0 Å². The molecule has 1 fully saturated rings. The van der Waals surface area contributed by atoms with E-state index in [2.05, 4.69) is 45.0 Å². The van der Waals surface area contributed by atoms with Gasteiger partial charge in [0.1, 0.15) is 0 Å². The van der Waals surface area contributed by atoms with Gasteiger partial charge in [-0.1, -0.05) is 24.3 Å². The van der Waals surface area contributed by atoms with E-state index < -0.39 is 0 Å². The molecule has 20 heavy (non-hydrogen) atoms. The Morgan fingerprint density at radius 1 is 1.20 bits per heavy atom. The smallest absolute Gasteiger partial charge is 0.0979 e. The zero-order valence-electron chi connectivity index (χ0n) is 13.0. The molecule has 1 aliphatic rings. The summed E-state index contributed by atoms with van der Waals surface area (Å²) < 4.78 is 12.1. The standard InChI is InChI=1S/C17H27NO2/c1-11-7-5-6-8-16(11)17(14(4)18)20-15-9-12(2)19-13(3)10-15/h5-8,12-15,17H,9-10,18H2,1-4H3. The van der Waals surface area contributed by atoms with E-state index in [1.165, 1.54) is 11.1 Å². The van der Waals surface area contributed by atoms with Gasteiger partial charge in [-0.15, -0.1) is 0 Å². The normalized spacial score (nSPS) is 29.9. The molecule has 3 heteroatoms. The quantitative estimate of drug-likeness (QED) is 0.918. The van der Waals surface area contributed by atoms with Gasteiger partial charge < -0.3 is 15.2 Å². The Morgan fingerprint density at radius 2 is 1.80 bits per heavy atom. The summed E-state index contributed by atoms with van der Waals surface area (Å²) in [7, 11) is 0. The lowest BCUT2D eigenvalue weighted by atomic mass is 9.97. The van der Waals surface area contributed by atoms with E-state index in [1.807, 2.05) is 6.92 Å². The van der Waals surface area contributed by atoms with Crippen LogP contribution in [0, 0.1) is 6.92 Å². The highest BCUT2D eigenvalue weighted by atomic mass is 16.5. The fraction of sp³-hybridized carbons (Fsp3) is 0.647. The van der Waals surface area contributed by atoms with Gasteiger partial charge in [0.2, 0.25) is 0 Å². The highest BCUT2D eigenvalue weighted by Gasteiger charge is 2.29. The second kappa shape index (κ2) is 6.70. The fourth-order valence-corrected chi connectivity index (χ4v) is 3.05. The van der Waals surface area contributed by atoms with Gasteiger partial charge in [0.25, 0.3) is 0 Å². The Kier molecular flexibility index (Phi) is 5.19. The van der Waals surface area contributed by atoms with E-state index in [0.29, 0.717) is 0 Å². The summed E-state index contributed by atoms with van der Waals surface area (Å²) in [4.78, 5) is 0. The molecule has 0 aromatic heterocycles. The van der Waals surface area contributed by atoms with Gasteiger partial charge in [0.05, 0.1) is 24.4 Å². The molecule has 4 unspecified atom stereocenters. The van der Waals surface area contributed by atoms with Crippen molar-refractivity contribution in [3.8, 4) is 0 Å². The largest absolute Gasteiger partial charge is 0.375 e. The lowest BCUT2D eigenvalue weighted by molar-refractivity contribution is -0.126. The molecular weight excluding hydrogens is 250 g/mol. The van der Waals surface area contributed by atoms with E-state index >= 15 is 0 Å². The Morgan fingerprint density at radius 3 is 2.35 bits per heavy atom. The van der Waals surface area contributed by atoms with Crippen LogP contribution in [0.2, 0.25) is 0 Å². The average Bonchev–Trinajstić information content (AvgIpc) is 2.35. The molecule has 4 atom stereocenters. The summed E-state index contributed by atoms with van der Waals surface area (Å²) in [5, 5.41) is 0. The Labute approximate surface area is 122 Å². The second-order valence-corrected chi connectivity index (χ2v) is 6.12. The first-order valence-electron chi connectivity index (χ1n) is 7.59. The van der Waals surface area contributed by atoms with E-state index in [1.54, 1.807) is 0 Å². The van der Waals surface area contributed by atoms with Crippen molar-refractivity contribution in [1.82, 2.24) is 0 Å². The van der Waals surface area contributed by atoms with Gasteiger partial charge in [-0.3, -0.25) is 0 Å². The van der Waals surface area contributed by atoms with Crippen molar-refractivity contribution in [2.45, 2.75) is 71.0 Å². The number of benzene rings is 1. The van der Waals surface area contributed by atoms with Gasteiger partial charge in [0, 0.05) is 6.04 Å². The van der Waals surface area contributed by atoms with Crippen LogP contribution in [0.25, 0.3) is 0 Å². The highest BCUT2D eigenvalue weighted by molar-refractivity contribution is 5.28. The number of hydrogen-bond donors (Lipinski definition) is 1. The van der Waals surface area contributed by atoms with Crippen molar-refractivity contribution in [2.24, 2.45) is 5.73 Å². The third-order valence-electron chi connectivity index (χ3n) is 3.97. The van der Waals surface area contributed by atoms with Crippen molar-refractivity contribution in [2.75, 3.05) is 0 Å². The van der Waals surface area contributed by atoms with Gasteiger partial charge >= 0.3 is 0 Å². The molecule has 2 rings (SSSR count). The van der Waals surface area contributed by atoms with Crippen LogP contribution in [-0.2, 0) is 9.47 Å². The maximum atomic E-state index is 6.36. The molecule has 1 aliphatic heterocycles. The monoisotopic (exact) mass is 277 g/mol. The van der Waals surface area contributed by atoms with Crippen molar-refractivity contribution >= 4 is 0 Å². The number of hydrogen-bond acceptors (Lipinski definition) is 3. The molecule has 0 saturated carbocycles. The first kappa shape index (κ1) is 15.5. The molecule has 0 radical (unpaired) electrons. The first-order valence-corrected chi connectivity index (χ1v) is 7.59. The zero-order chi connectivity index (χ0) is 14.7. The molecule has 3 nitrogen and oxygen atoms in total. The maximum Gasteiger partial charge on any atom is 0.0979 e. The van der Waals surface area contributed by atoms with Crippen LogP contribution in [0.1, 0.15) is 50.8 Å². The molecule has 112 valence electrons. The predicted octanol–water partition coefficient (Wildman–Crippen LogP) is 3.36. The molecule has 1 aromatic rings. The summed E-state index contributed by atoms with van der Waals surface area (Å²) in [6, 6.07) is 8.31. The van der Waals surface area contributed by atoms with Crippen molar-refractivity contribution in [3.05, 3.63) is 35.4 Å². The molecule has 0 spiro atoms. The zero-order valence-corrected chi connectivity index (χ0v) is 13.0. The van der Waals surface area contributed by atoms with Crippen LogP contribution in [0.3, 0.4) is 0 Å². The number of ether oxygens (including phenoxy) is 2. The van der Waals surface area contributed by atoms with Crippen LogP contribution in [-0.4, -0.2) is 24.4 Å². The minimum absolute atomic E-state index is 0.0236. The summed E-state index contributed by atoms with van der Waals surface area (Å²) in [6.07, 6.45) is 2.59. The summed E-state index contributed by atoms with van der Waals surface area (Å²) in [5.41, 5.74) is 8.61. The molecular formula is C17H27NO2. The van der Waals surface area contributed by atoms with Gasteiger partial charge in [0.15, 0.2) is 0 Å². The Bertz CT molecular complexity index is 423. The Balaban J connectivity index is 2.12. The average molecular weight is 277 g/mol. The van der Waals surface area contributed by atoms with Crippen LogP contribution in [0.4, 0.5) is 0 Å². The SMILES string of the molecule is Cc1ccccc1C(OC1CC(C)OC(C)C1)C(C)N. The molecule has 2 N–H and O–H groups in total. The van der Waals surface area contributed by atoms with Crippen LogP contribution in [0.15, 0.2) is 24.3 Å². The minimum atomic E-state index is -0.0429. The van der Waals surface area contributed by atoms with Crippen LogP contribution < -0.4 is 5.73 Å². The molecule has 1 saturated heterocycles. The maximum absolute atomic E-state index is 6.36. The predicted molar refractivity (Wildman–Crippen MR) is 81.7 cm³/mol. The third kappa shape index (κ3) is 3.81. The summed E-state index contributed by atoms with van der Waals surface area (Å²) in [5.74, 6) is 0. The fourth-order valence-electron chi connectivity index (χ4n) is 3.05. The second-order valence-electron chi connectivity index (χ2n) is 6.12. The van der Waals surface area contributed by atoms with E-state index in [4.69, 9.17) is 15.2 Å². The Hall–Kier alpha value is -0.900. The molecule has 0 aliphatic carbocycles. The topological polar surface area (TPSA) is 44.5 Å². The van der Waals surface area contributed by atoms with Crippen molar-refractivity contribution < 1.29 is 9.47 Å². The van der Waals surface area contributed by atoms with E-state index in [0.717, 1.165) is 12.8 Å². The molecule has 1 aromatic carbocycles. The van der Waals surface area contributed by atoms with Crippen molar-refractivity contribution in [1.29, 1.82) is 0 Å². The number of rotatable bonds is 4. The van der Waals surface area contributed by atoms with Crippen LogP contribution >= 0.6 is 0 Å². The molecule has 1 heterocycles. The first-order chi connectivity index (χ1) is 9.47. The third-order valence-corrected chi connectivity index (χ3v) is 3.97. The lowest BCUT2D eigenvalue weighted by Gasteiger charge is -2.35. The molecule has 0 bridgehead atoms. The molecule has 0 amide bonds. The number of aryl methyl sites for hydroxylation is 1. The van der Waals surface area contributed by atoms with Gasteiger partial charge in [-0.05, 0) is 51.7 Å². The minimum Gasteiger partial charge on any atom is -0.375 e. The van der Waals surface area contributed by atoms with E-state index in [-0.39, 0.29) is 30.5 Å². The summed E-state index contributed by atoms with van der Waals surface area (Å²) >= 11 is 0. The summed E-state index contributed by atoms with van der Waals surface area (Å²) in [6.45, 7) is 8.36. The van der Waals surface area contributed by atoms with Crippen LogP contribution in [0.5, 0.6) is 0 Å². The van der Waals surface area contributed by atoms with E-state index in [9.17, 15) is 0 Å².